The van der Waals surface area contributed by atoms with E-state index in [0.29, 0.717) is 22.7 Å². The van der Waals surface area contributed by atoms with Crippen molar-refractivity contribution in [2.75, 3.05) is 37.5 Å². The lowest BCUT2D eigenvalue weighted by Gasteiger charge is -2.16. The maximum atomic E-state index is 12.1. The first-order valence-electron chi connectivity index (χ1n) is 7.43. The van der Waals surface area contributed by atoms with Crippen LogP contribution in [0, 0.1) is 0 Å². The number of hydrogen-bond donors (Lipinski definition) is 2. The third-order valence-corrected chi connectivity index (χ3v) is 5.66. The van der Waals surface area contributed by atoms with Crippen LogP contribution in [0.1, 0.15) is 16.8 Å². The van der Waals surface area contributed by atoms with Gasteiger partial charge in [-0.05, 0) is 24.6 Å². The summed E-state index contributed by atoms with van der Waals surface area (Å²) in [5, 5.41) is 6.01. The van der Waals surface area contributed by atoms with Crippen LogP contribution in [0.2, 0.25) is 5.02 Å². The second kappa shape index (κ2) is 7.40. The average Bonchev–Trinajstić information content (AvgIpc) is 2.83. The molecule has 1 aliphatic heterocycles. The first-order chi connectivity index (χ1) is 11.2. The molecule has 1 fully saturated rings. The van der Waals surface area contributed by atoms with Gasteiger partial charge in [0.05, 0.1) is 23.6 Å². The van der Waals surface area contributed by atoms with Gasteiger partial charge < -0.3 is 15.5 Å². The number of rotatable bonds is 5. The highest BCUT2D eigenvalue weighted by atomic mass is 35.5. The molecule has 24 heavy (non-hydrogen) atoms. The van der Waals surface area contributed by atoms with E-state index in [0.717, 1.165) is 0 Å². The summed E-state index contributed by atoms with van der Waals surface area (Å²) in [5.41, 5.74) is 0.857. The molecule has 0 bridgehead atoms. The Morgan fingerprint density at radius 2 is 2.04 bits per heavy atom. The molecule has 1 aromatic rings. The van der Waals surface area contributed by atoms with Crippen LogP contribution in [-0.4, -0.2) is 63.3 Å². The van der Waals surface area contributed by atoms with Gasteiger partial charge in [0.2, 0.25) is 5.91 Å². The van der Waals surface area contributed by atoms with Crippen molar-refractivity contribution < 1.29 is 18.0 Å². The molecule has 0 aliphatic carbocycles. The van der Waals surface area contributed by atoms with Gasteiger partial charge in [-0.1, -0.05) is 11.6 Å². The van der Waals surface area contributed by atoms with Crippen molar-refractivity contribution in [1.29, 1.82) is 0 Å². The monoisotopic (exact) mass is 373 g/mol. The van der Waals surface area contributed by atoms with Crippen molar-refractivity contribution in [2.45, 2.75) is 12.5 Å². The topological polar surface area (TPSA) is 95.6 Å². The zero-order chi connectivity index (χ0) is 17.9. The second-order valence-corrected chi connectivity index (χ2v) is 8.58. The summed E-state index contributed by atoms with van der Waals surface area (Å²) in [6, 6.07) is 4.42. The predicted octanol–water partition coefficient (Wildman–Crippen LogP) is 0.757. The largest absolute Gasteiger partial charge is 0.375 e. The van der Waals surface area contributed by atoms with Gasteiger partial charge in [0.15, 0.2) is 9.84 Å². The minimum atomic E-state index is -3.04. The normalized spacial score (nSPS) is 18.9. The first kappa shape index (κ1) is 18.5. The summed E-state index contributed by atoms with van der Waals surface area (Å²) >= 11 is 5.95. The summed E-state index contributed by atoms with van der Waals surface area (Å²) < 4.78 is 22.8. The van der Waals surface area contributed by atoms with Gasteiger partial charge >= 0.3 is 0 Å². The summed E-state index contributed by atoms with van der Waals surface area (Å²) in [7, 11) is 0.222. The lowest BCUT2D eigenvalue weighted by molar-refractivity contribution is -0.119. The summed E-state index contributed by atoms with van der Waals surface area (Å²) in [4.78, 5) is 25.6. The molecule has 0 unspecified atom stereocenters. The Labute approximate surface area is 146 Å². The minimum Gasteiger partial charge on any atom is -0.375 e. The Morgan fingerprint density at radius 3 is 2.62 bits per heavy atom. The van der Waals surface area contributed by atoms with E-state index in [1.807, 2.05) is 0 Å². The number of hydrogen-bond acceptors (Lipinski definition) is 5. The molecule has 2 N–H and O–H groups in total. The minimum absolute atomic E-state index is 0.0275. The number of nitrogens with zero attached hydrogens (tertiary/aromatic N) is 1. The van der Waals surface area contributed by atoms with Crippen molar-refractivity contribution in [3.63, 3.8) is 0 Å². The van der Waals surface area contributed by atoms with E-state index in [-0.39, 0.29) is 35.9 Å². The van der Waals surface area contributed by atoms with E-state index in [1.165, 1.54) is 4.90 Å². The van der Waals surface area contributed by atoms with Crippen LogP contribution < -0.4 is 10.6 Å². The third kappa shape index (κ3) is 4.85. The van der Waals surface area contributed by atoms with Crippen molar-refractivity contribution in [1.82, 2.24) is 10.2 Å². The Balaban J connectivity index is 1.99. The van der Waals surface area contributed by atoms with Gasteiger partial charge in [-0.2, -0.15) is 0 Å². The quantitative estimate of drug-likeness (QED) is 0.794. The number of carbonyl (C=O) groups excluding carboxylic acids is 2. The van der Waals surface area contributed by atoms with E-state index in [9.17, 15) is 18.0 Å². The number of anilines is 1. The molecule has 0 aromatic heterocycles. The van der Waals surface area contributed by atoms with Gasteiger partial charge in [0, 0.05) is 30.8 Å². The average molecular weight is 374 g/mol. The summed E-state index contributed by atoms with van der Waals surface area (Å²) in [6.45, 7) is -0.0788. The number of carbonyl (C=O) groups is 2. The molecule has 2 amide bonds. The van der Waals surface area contributed by atoms with Gasteiger partial charge in [-0.25, -0.2) is 8.42 Å². The SMILES string of the molecule is CN(C)C(=O)c1ccc(Cl)cc1NCC(=O)N[C@@H]1CCS(=O)(=O)C1. The van der Waals surface area contributed by atoms with E-state index in [1.54, 1.807) is 32.3 Å². The van der Waals surface area contributed by atoms with Gasteiger partial charge in [-0.15, -0.1) is 0 Å². The molecule has 1 atom stereocenters. The maximum absolute atomic E-state index is 12.1. The van der Waals surface area contributed by atoms with Crippen molar-refractivity contribution >= 4 is 38.9 Å². The highest BCUT2D eigenvalue weighted by Gasteiger charge is 2.28. The number of halogens is 1. The molecule has 1 saturated heterocycles. The highest BCUT2D eigenvalue weighted by molar-refractivity contribution is 7.91. The van der Waals surface area contributed by atoms with Crippen molar-refractivity contribution in [2.24, 2.45) is 0 Å². The molecular formula is C15H20ClN3O4S. The number of nitrogens with one attached hydrogen (secondary N) is 2. The van der Waals surface area contributed by atoms with Crippen LogP contribution in [0.5, 0.6) is 0 Å². The third-order valence-electron chi connectivity index (χ3n) is 3.66. The molecule has 0 spiro atoms. The lowest BCUT2D eigenvalue weighted by atomic mass is 10.1. The van der Waals surface area contributed by atoms with Crippen LogP contribution in [0.25, 0.3) is 0 Å². The molecular weight excluding hydrogens is 354 g/mol. The van der Waals surface area contributed by atoms with Crippen LogP contribution in [0.4, 0.5) is 5.69 Å². The Bertz CT molecular complexity index is 749. The Hall–Kier alpha value is -1.80. The molecule has 0 saturated carbocycles. The molecule has 2 rings (SSSR count). The fourth-order valence-corrected chi connectivity index (χ4v) is 4.30. The molecule has 1 heterocycles. The number of amides is 2. The van der Waals surface area contributed by atoms with Gasteiger partial charge in [-0.3, -0.25) is 9.59 Å². The molecule has 1 aliphatic rings. The molecule has 0 radical (unpaired) electrons. The van der Waals surface area contributed by atoms with E-state index < -0.39 is 9.84 Å². The van der Waals surface area contributed by atoms with Crippen LogP contribution in [0.3, 0.4) is 0 Å². The van der Waals surface area contributed by atoms with E-state index in [4.69, 9.17) is 11.6 Å². The van der Waals surface area contributed by atoms with Crippen molar-refractivity contribution in [3.05, 3.63) is 28.8 Å². The summed E-state index contributed by atoms with van der Waals surface area (Å²) in [5.74, 6) is -0.474. The van der Waals surface area contributed by atoms with Crippen LogP contribution in [0.15, 0.2) is 18.2 Å². The predicted molar refractivity (Wildman–Crippen MR) is 93.2 cm³/mol. The smallest absolute Gasteiger partial charge is 0.255 e. The van der Waals surface area contributed by atoms with Crippen LogP contribution >= 0.6 is 11.6 Å². The van der Waals surface area contributed by atoms with E-state index >= 15 is 0 Å². The van der Waals surface area contributed by atoms with Gasteiger partial charge in [0.1, 0.15) is 0 Å². The molecule has 132 valence electrons. The Morgan fingerprint density at radius 1 is 1.33 bits per heavy atom. The number of benzene rings is 1. The van der Waals surface area contributed by atoms with E-state index in [2.05, 4.69) is 10.6 Å². The molecule has 7 nitrogen and oxygen atoms in total. The second-order valence-electron chi connectivity index (χ2n) is 5.91. The maximum Gasteiger partial charge on any atom is 0.255 e. The fourth-order valence-electron chi connectivity index (χ4n) is 2.45. The van der Waals surface area contributed by atoms with Crippen LogP contribution in [-0.2, 0) is 14.6 Å². The molecule has 9 heteroatoms. The summed E-state index contributed by atoms with van der Waals surface area (Å²) in [6.07, 6.45) is 0.426. The van der Waals surface area contributed by atoms with Crippen molar-refractivity contribution in [3.8, 4) is 0 Å². The van der Waals surface area contributed by atoms with Gasteiger partial charge in [0.25, 0.3) is 5.91 Å². The number of sulfone groups is 1. The lowest BCUT2D eigenvalue weighted by Crippen LogP contribution is -2.39. The highest BCUT2D eigenvalue weighted by Crippen LogP contribution is 2.22. The Kier molecular flexibility index (Phi) is 5.71. The fraction of sp³-hybridized carbons (Fsp3) is 0.467. The molecule has 1 aromatic carbocycles. The first-order valence-corrected chi connectivity index (χ1v) is 9.63. The zero-order valence-corrected chi connectivity index (χ0v) is 15.1. The standard InChI is InChI=1S/C15H20ClN3O4S/c1-19(2)15(21)12-4-3-10(16)7-13(12)17-8-14(20)18-11-5-6-24(22,23)9-11/h3-4,7,11,17H,5-6,8-9H2,1-2H3,(H,18,20)/t11-/m1/s1. The zero-order valence-electron chi connectivity index (χ0n) is 13.5.